The Bertz CT molecular complexity index is 1720. The Morgan fingerprint density at radius 1 is 1.10 bits per heavy atom. The molecule has 13 heteroatoms. The van der Waals surface area contributed by atoms with E-state index in [-0.39, 0.29) is 6.04 Å². The fourth-order valence-corrected chi connectivity index (χ4v) is 6.45. The fraction of sp³-hybridized carbons (Fsp3) is 0.448. The molecule has 0 radical (unpaired) electrons. The van der Waals surface area contributed by atoms with E-state index < -0.39 is 0 Å². The van der Waals surface area contributed by atoms with E-state index in [0.29, 0.717) is 36.0 Å². The van der Waals surface area contributed by atoms with Crippen LogP contribution in [0, 0.1) is 0 Å². The Balaban J connectivity index is 1.20. The van der Waals surface area contributed by atoms with Crippen LogP contribution >= 0.6 is 11.3 Å². The van der Waals surface area contributed by atoms with Gasteiger partial charge in [-0.15, -0.1) is 11.3 Å². The Labute approximate surface area is 248 Å². The maximum Gasteiger partial charge on any atom is 0.222 e. The molecular weight excluding hydrogens is 550 g/mol. The van der Waals surface area contributed by atoms with E-state index in [2.05, 4.69) is 56.0 Å². The van der Waals surface area contributed by atoms with Gasteiger partial charge in [-0.2, -0.15) is 10.2 Å². The molecule has 1 saturated heterocycles. The number of fused-ring (bicyclic) bond motifs is 5. The van der Waals surface area contributed by atoms with Crippen LogP contribution in [0.1, 0.15) is 38.9 Å². The molecule has 7 heterocycles. The van der Waals surface area contributed by atoms with Crippen molar-refractivity contribution >= 4 is 33.9 Å². The molecule has 0 aliphatic carbocycles. The predicted molar refractivity (Wildman–Crippen MR) is 163 cm³/mol. The molecule has 1 fully saturated rings. The van der Waals surface area contributed by atoms with Crippen LogP contribution in [0.2, 0.25) is 0 Å². The molecule has 2 aliphatic heterocycles. The van der Waals surface area contributed by atoms with Gasteiger partial charge in [0.2, 0.25) is 5.88 Å². The van der Waals surface area contributed by atoms with Crippen molar-refractivity contribution in [2.24, 2.45) is 7.05 Å². The van der Waals surface area contributed by atoms with E-state index in [1.54, 1.807) is 28.4 Å². The van der Waals surface area contributed by atoms with Crippen molar-refractivity contribution in [1.82, 2.24) is 49.3 Å². The van der Waals surface area contributed by atoms with Crippen molar-refractivity contribution in [3.8, 4) is 28.0 Å². The Morgan fingerprint density at radius 3 is 2.79 bits per heavy atom. The quantitative estimate of drug-likeness (QED) is 0.326. The molecule has 5 aromatic rings. The van der Waals surface area contributed by atoms with Gasteiger partial charge in [-0.1, -0.05) is 0 Å². The van der Waals surface area contributed by atoms with Gasteiger partial charge in [0, 0.05) is 81.5 Å². The number of rotatable bonds is 4. The second kappa shape index (κ2) is 11.0. The van der Waals surface area contributed by atoms with Gasteiger partial charge in [0.25, 0.3) is 0 Å². The number of ether oxygens (including phenoxy) is 1. The summed E-state index contributed by atoms with van der Waals surface area (Å²) in [6.07, 6.45) is 6.09. The minimum absolute atomic E-state index is 0.0712. The number of thiazole rings is 1. The monoisotopic (exact) mass is 585 g/mol. The van der Waals surface area contributed by atoms with Crippen molar-refractivity contribution in [3.63, 3.8) is 0 Å². The SMILES string of the molecule is CC(C)N1CCN(Cc2csc(-c3nn4c5cc(ncc35)Nc3ccnc(n3)-c3cnn(C)c3OCC[C@@H]4C)n2)CC1. The first-order chi connectivity index (χ1) is 20.4. The van der Waals surface area contributed by atoms with Gasteiger partial charge in [0.15, 0.2) is 5.82 Å². The molecule has 4 bridgehead atoms. The number of hydrogen-bond donors (Lipinski definition) is 1. The van der Waals surface area contributed by atoms with E-state index in [0.717, 1.165) is 72.0 Å². The summed E-state index contributed by atoms with van der Waals surface area (Å²) in [5.41, 5.74) is 3.69. The summed E-state index contributed by atoms with van der Waals surface area (Å²) in [5, 5.41) is 16.9. The number of aromatic nitrogens is 8. The number of nitrogens with one attached hydrogen (secondary N) is 1. The van der Waals surface area contributed by atoms with Crippen molar-refractivity contribution in [3.05, 3.63) is 41.8 Å². The third-order valence-corrected chi connectivity index (χ3v) is 9.00. The molecule has 0 amide bonds. The summed E-state index contributed by atoms with van der Waals surface area (Å²) in [7, 11) is 1.86. The maximum absolute atomic E-state index is 6.24. The highest BCUT2D eigenvalue weighted by atomic mass is 32.1. The minimum atomic E-state index is 0.0712. The van der Waals surface area contributed by atoms with Crippen molar-refractivity contribution in [2.45, 2.75) is 45.8 Å². The molecule has 7 rings (SSSR count). The van der Waals surface area contributed by atoms with E-state index in [1.165, 1.54) is 0 Å². The zero-order valence-electron chi connectivity index (χ0n) is 24.4. The number of aryl methyl sites for hydroxylation is 1. The topological polar surface area (TPSA) is 115 Å². The average Bonchev–Trinajstić information content (AvgIpc) is 3.70. The van der Waals surface area contributed by atoms with Crippen LogP contribution in [0.5, 0.6) is 5.88 Å². The molecular formula is C29H35N11OS. The molecule has 0 saturated carbocycles. The van der Waals surface area contributed by atoms with E-state index in [4.69, 9.17) is 24.8 Å². The van der Waals surface area contributed by atoms with E-state index in [9.17, 15) is 0 Å². The van der Waals surface area contributed by atoms with Crippen LogP contribution < -0.4 is 10.1 Å². The molecule has 42 heavy (non-hydrogen) atoms. The highest BCUT2D eigenvalue weighted by Gasteiger charge is 2.23. The Hall–Kier alpha value is -3.94. The second-order valence-electron chi connectivity index (χ2n) is 11.3. The lowest BCUT2D eigenvalue weighted by atomic mass is 10.2. The van der Waals surface area contributed by atoms with E-state index >= 15 is 0 Å². The second-order valence-corrected chi connectivity index (χ2v) is 12.2. The number of hydrogen-bond acceptors (Lipinski definition) is 11. The zero-order valence-corrected chi connectivity index (χ0v) is 25.2. The Kier molecular flexibility index (Phi) is 7.08. The number of anilines is 2. The highest BCUT2D eigenvalue weighted by molar-refractivity contribution is 7.13. The first-order valence-electron chi connectivity index (χ1n) is 14.5. The van der Waals surface area contributed by atoms with Crippen LogP contribution in [0.25, 0.3) is 33.0 Å². The molecule has 1 N–H and O–H groups in total. The lowest BCUT2D eigenvalue weighted by molar-refractivity contribution is 0.103. The highest BCUT2D eigenvalue weighted by Crippen LogP contribution is 2.35. The van der Waals surface area contributed by atoms with Gasteiger partial charge in [-0.05, 0) is 26.8 Å². The van der Waals surface area contributed by atoms with Gasteiger partial charge in [-0.25, -0.2) is 24.6 Å². The molecule has 1 atom stereocenters. The average molecular weight is 586 g/mol. The van der Waals surface area contributed by atoms with Crippen LogP contribution in [-0.4, -0.2) is 88.1 Å². The molecule has 218 valence electrons. The van der Waals surface area contributed by atoms with Crippen LogP contribution in [0.15, 0.2) is 36.1 Å². The largest absolute Gasteiger partial charge is 0.477 e. The molecule has 0 spiro atoms. The number of nitrogens with zero attached hydrogens (tertiary/aromatic N) is 10. The normalized spacial score (nSPS) is 18.2. The lowest BCUT2D eigenvalue weighted by Crippen LogP contribution is -2.48. The number of piperazine rings is 1. The minimum Gasteiger partial charge on any atom is -0.477 e. The van der Waals surface area contributed by atoms with Crippen LogP contribution in [0.4, 0.5) is 11.6 Å². The smallest absolute Gasteiger partial charge is 0.222 e. The first-order valence-corrected chi connectivity index (χ1v) is 15.4. The lowest BCUT2D eigenvalue weighted by Gasteiger charge is -2.36. The van der Waals surface area contributed by atoms with Gasteiger partial charge in [-0.3, -0.25) is 14.5 Å². The van der Waals surface area contributed by atoms with Crippen LogP contribution in [0.3, 0.4) is 0 Å². The molecule has 2 aliphatic rings. The van der Waals surface area contributed by atoms with Crippen molar-refractivity contribution in [2.75, 3.05) is 38.1 Å². The fourth-order valence-electron chi connectivity index (χ4n) is 5.64. The summed E-state index contributed by atoms with van der Waals surface area (Å²) < 4.78 is 10.0. The summed E-state index contributed by atoms with van der Waals surface area (Å²) in [5.74, 6) is 2.51. The summed E-state index contributed by atoms with van der Waals surface area (Å²) in [6, 6.07) is 4.53. The molecule has 0 unspecified atom stereocenters. The van der Waals surface area contributed by atoms with Gasteiger partial charge in [0.05, 0.1) is 30.1 Å². The van der Waals surface area contributed by atoms with Crippen molar-refractivity contribution in [1.29, 1.82) is 0 Å². The maximum atomic E-state index is 6.24. The van der Waals surface area contributed by atoms with Crippen molar-refractivity contribution < 1.29 is 4.74 Å². The third kappa shape index (κ3) is 5.12. The third-order valence-electron chi connectivity index (χ3n) is 8.10. The predicted octanol–water partition coefficient (Wildman–Crippen LogP) is 4.36. The standard InChI is InChI=1S/C29H35N11OS/c1-18(2)39-10-8-38(9-11-39)16-20-17-42-28(33-20)26-21-14-31-25-13-23(21)40(36-26)19(3)6-12-41-29-22(15-32-37(29)4)27-30-7-5-24(34-25)35-27/h5,7,13-15,17-19H,6,8-12,16H2,1-4H3,(H,30,31,34,35)/t19-/m0/s1. The van der Waals surface area contributed by atoms with E-state index in [1.807, 2.05) is 25.4 Å². The Morgan fingerprint density at radius 2 is 1.95 bits per heavy atom. The summed E-state index contributed by atoms with van der Waals surface area (Å²) >= 11 is 1.65. The summed E-state index contributed by atoms with van der Waals surface area (Å²) in [4.78, 5) is 24.0. The van der Waals surface area contributed by atoms with Crippen LogP contribution in [-0.2, 0) is 13.6 Å². The summed E-state index contributed by atoms with van der Waals surface area (Å²) in [6.45, 7) is 12.4. The van der Waals surface area contributed by atoms with Gasteiger partial charge < -0.3 is 10.1 Å². The zero-order chi connectivity index (χ0) is 28.8. The molecule has 0 aromatic carbocycles. The molecule has 5 aromatic heterocycles. The van der Waals surface area contributed by atoms with Gasteiger partial charge in [0.1, 0.15) is 27.9 Å². The van der Waals surface area contributed by atoms with Gasteiger partial charge >= 0.3 is 0 Å². The number of pyridine rings is 1. The molecule has 12 nitrogen and oxygen atoms in total. The first kappa shape index (κ1) is 26.9.